The minimum absolute atomic E-state index is 0.0501. The predicted molar refractivity (Wildman–Crippen MR) is 54.0 cm³/mol. The summed E-state index contributed by atoms with van der Waals surface area (Å²) in [7, 11) is 2.81. The number of hydrogen-bond donors (Lipinski definition) is 0. The maximum atomic E-state index is 11.4. The van der Waals surface area contributed by atoms with Crippen LogP contribution < -0.4 is 0 Å². The first kappa shape index (κ1) is 12.0. The average molecular weight is 214 g/mol. The van der Waals surface area contributed by atoms with Gasteiger partial charge in [0.15, 0.2) is 0 Å². The van der Waals surface area contributed by atoms with Gasteiger partial charge in [0, 0.05) is 0 Å². The summed E-state index contributed by atoms with van der Waals surface area (Å²) < 4.78 is 9.43. The Kier molecular flexibility index (Phi) is 4.12. The van der Waals surface area contributed by atoms with Crippen molar-refractivity contribution in [1.82, 2.24) is 0 Å². The number of ether oxygens (including phenoxy) is 2. The molecule has 0 N–H and O–H groups in total. The molecule has 0 heterocycles. The minimum Gasteiger partial charge on any atom is -0.469 e. The minimum atomic E-state index is -0.162. The molecule has 4 nitrogen and oxygen atoms in total. The molecule has 4 heteroatoms. The molecule has 1 saturated carbocycles. The van der Waals surface area contributed by atoms with E-state index < -0.39 is 0 Å². The van der Waals surface area contributed by atoms with Gasteiger partial charge in [-0.15, -0.1) is 0 Å². The molecular weight excluding hydrogens is 196 g/mol. The van der Waals surface area contributed by atoms with E-state index in [0.29, 0.717) is 12.8 Å². The zero-order valence-electron chi connectivity index (χ0n) is 9.49. The summed E-state index contributed by atoms with van der Waals surface area (Å²) in [5.41, 5.74) is 0. The van der Waals surface area contributed by atoms with Crippen molar-refractivity contribution in [2.45, 2.75) is 26.2 Å². The van der Waals surface area contributed by atoms with Crippen LogP contribution in [0.3, 0.4) is 0 Å². The lowest BCUT2D eigenvalue weighted by Gasteiger charge is -2.30. The van der Waals surface area contributed by atoms with Crippen LogP contribution in [0, 0.1) is 17.8 Å². The Morgan fingerprint density at radius 1 is 1.07 bits per heavy atom. The van der Waals surface area contributed by atoms with Crippen LogP contribution in [0.2, 0.25) is 0 Å². The molecule has 3 atom stereocenters. The molecule has 0 aromatic carbocycles. The second-order valence-electron chi connectivity index (χ2n) is 4.14. The van der Waals surface area contributed by atoms with Crippen LogP contribution in [0.25, 0.3) is 0 Å². The monoisotopic (exact) mass is 214 g/mol. The summed E-state index contributed by atoms with van der Waals surface area (Å²) in [5.74, 6) is -0.243. The summed E-state index contributed by atoms with van der Waals surface area (Å²) in [6.45, 7) is 1.98. The van der Waals surface area contributed by atoms with E-state index in [1.54, 1.807) is 0 Å². The Labute approximate surface area is 89.9 Å². The Morgan fingerprint density at radius 2 is 1.67 bits per heavy atom. The average Bonchev–Trinajstić information content (AvgIpc) is 2.26. The molecule has 86 valence electrons. The fraction of sp³-hybridized carbons (Fsp3) is 0.818. The summed E-state index contributed by atoms with van der Waals surface area (Å²) in [6.07, 6.45) is 2.15. The first-order valence-electron chi connectivity index (χ1n) is 5.25. The van der Waals surface area contributed by atoms with Gasteiger partial charge < -0.3 is 9.47 Å². The third-order valence-corrected chi connectivity index (χ3v) is 3.21. The fourth-order valence-electron chi connectivity index (χ4n) is 2.28. The Hall–Kier alpha value is -1.06. The lowest BCUT2D eigenvalue weighted by molar-refractivity contribution is -0.154. The number of hydrogen-bond acceptors (Lipinski definition) is 4. The first-order chi connectivity index (χ1) is 7.10. The number of methoxy groups -OCH3 is 2. The largest absolute Gasteiger partial charge is 0.469 e. The van der Waals surface area contributed by atoms with E-state index in [4.69, 9.17) is 9.47 Å². The molecule has 0 amide bonds. The molecule has 0 aromatic rings. The topological polar surface area (TPSA) is 52.6 Å². The first-order valence-corrected chi connectivity index (χ1v) is 5.25. The molecule has 1 aliphatic rings. The summed E-state index contributed by atoms with van der Waals surface area (Å²) in [4.78, 5) is 22.7. The maximum absolute atomic E-state index is 11.4. The molecule has 1 rings (SSSR count). The van der Waals surface area contributed by atoms with Gasteiger partial charge in [0.25, 0.3) is 0 Å². The van der Waals surface area contributed by atoms with Crippen molar-refractivity contribution in [3.05, 3.63) is 0 Å². The molecule has 15 heavy (non-hydrogen) atoms. The van der Waals surface area contributed by atoms with E-state index in [1.165, 1.54) is 14.2 Å². The molecule has 0 radical (unpaired) electrons. The smallest absolute Gasteiger partial charge is 0.308 e. The molecule has 1 fully saturated rings. The maximum Gasteiger partial charge on any atom is 0.308 e. The van der Waals surface area contributed by atoms with E-state index in [2.05, 4.69) is 0 Å². The van der Waals surface area contributed by atoms with Crippen LogP contribution in [0.4, 0.5) is 0 Å². The quantitative estimate of drug-likeness (QED) is 0.652. The number of esters is 2. The van der Waals surface area contributed by atoms with E-state index >= 15 is 0 Å². The Balaban J connectivity index is 2.55. The Morgan fingerprint density at radius 3 is 2.13 bits per heavy atom. The number of carbonyl (C=O) groups excluding carboxylic acids is 2. The molecule has 0 saturated heterocycles. The van der Waals surface area contributed by atoms with Crippen LogP contribution in [-0.4, -0.2) is 26.2 Å². The van der Waals surface area contributed by atoms with Crippen molar-refractivity contribution in [3.63, 3.8) is 0 Å². The van der Waals surface area contributed by atoms with Crippen molar-refractivity contribution in [2.75, 3.05) is 14.2 Å². The molecule has 0 bridgehead atoms. The molecule has 3 unspecified atom stereocenters. The van der Waals surface area contributed by atoms with Gasteiger partial charge in [-0.2, -0.15) is 0 Å². The van der Waals surface area contributed by atoms with E-state index in [9.17, 15) is 9.59 Å². The molecule has 0 aliphatic heterocycles. The van der Waals surface area contributed by atoms with Gasteiger partial charge >= 0.3 is 11.9 Å². The molecule has 1 aliphatic carbocycles. The second-order valence-corrected chi connectivity index (χ2v) is 4.14. The highest BCUT2D eigenvalue weighted by Crippen LogP contribution is 2.34. The van der Waals surface area contributed by atoms with Crippen LogP contribution in [-0.2, 0) is 19.1 Å². The fourth-order valence-corrected chi connectivity index (χ4v) is 2.28. The van der Waals surface area contributed by atoms with Crippen molar-refractivity contribution in [2.24, 2.45) is 17.8 Å². The zero-order chi connectivity index (χ0) is 11.4. The van der Waals surface area contributed by atoms with E-state index in [0.717, 1.165) is 6.42 Å². The second kappa shape index (κ2) is 5.14. The highest BCUT2D eigenvalue weighted by atomic mass is 16.5. The standard InChI is InChI=1S/C11H18O4/c1-7-6-8(10(12)14-2)4-5-9(7)11(13)15-3/h7-9H,4-6H2,1-3H3. The normalized spacial score (nSPS) is 30.7. The van der Waals surface area contributed by atoms with Gasteiger partial charge in [-0.1, -0.05) is 6.92 Å². The van der Waals surface area contributed by atoms with E-state index in [1.807, 2.05) is 6.92 Å². The van der Waals surface area contributed by atoms with Gasteiger partial charge in [0.2, 0.25) is 0 Å². The summed E-state index contributed by atoms with van der Waals surface area (Å²) >= 11 is 0. The Bertz CT molecular complexity index is 249. The highest BCUT2D eigenvalue weighted by molar-refractivity contribution is 5.75. The van der Waals surface area contributed by atoms with Crippen molar-refractivity contribution in [3.8, 4) is 0 Å². The van der Waals surface area contributed by atoms with Crippen molar-refractivity contribution in [1.29, 1.82) is 0 Å². The van der Waals surface area contributed by atoms with Gasteiger partial charge in [-0.3, -0.25) is 9.59 Å². The zero-order valence-corrected chi connectivity index (χ0v) is 9.49. The lowest BCUT2D eigenvalue weighted by Crippen LogP contribution is -2.33. The van der Waals surface area contributed by atoms with Gasteiger partial charge in [0.05, 0.1) is 26.1 Å². The SMILES string of the molecule is COC(=O)C1CCC(C(=O)OC)C(C)C1. The molecule has 0 aromatic heterocycles. The van der Waals surface area contributed by atoms with Crippen LogP contribution in [0.5, 0.6) is 0 Å². The van der Waals surface area contributed by atoms with E-state index in [-0.39, 0.29) is 29.7 Å². The summed E-state index contributed by atoms with van der Waals surface area (Å²) in [6, 6.07) is 0. The predicted octanol–water partition coefficient (Wildman–Crippen LogP) is 1.38. The summed E-state index contributed by atoms with van der Waals surface area (Å²) in [5, 5.41) is 0. The van der Waals surface area contributed by atoms with Crippen LogP contribution in [0.15, 0.2) is 0 Å². The van der Waals surface area contributed by atoms with Crippen LogP contribution in [0.1, 0.15) is 26.2 Å². The van der Waals surface area contributed by atoms with Gasteiger partial charge in [-0.05, 0) is 25.2 Å². The number of rotatable bonds is 2. The molecule has 0 spiro atoms. The van der Waals surface area contributed by atoms with Gasteiger partial charge in [0.1, 0.15) is 0 Å². The lowest BCUT2D eigenvalue weighted by atomic mass is 9.75. The number of carbonyl (C=O) groups is 2. The van der Waals surface area contributed by atoms with Crippen molar-refractivity contribution >= 4 is 11.9 Å². The van der Waals surface area contributed by atoms with Crippen molar-refractivity contribution < 1.29 is 19.1 Å². The van der Waals surface area contributed by atoms with Crippen LogP contribution >= 0.6 is 0 Å². The third-order valence-electron chi connectivity index (χ3n) is 3.21. The molecular formula is C11H18O4. The van der Waals surface area contributed by atoms with Gasteiger partial charge in [-0.25, -0.2) is 0 Å². The highest BCUT2D eigenvalue weighted by Gasteiger charge is 2.36. The third kappa shape index (κ3) is 2.70.